The highest BCUT2D eigenvalue weighted by molar-refractivity contribution is 5.92. The maximum atomic E-state index is 12.3. The van der Waals surface area contributed by atoms with E-state index in [4.69, 9.17) is 9.47 Å². The molecular formula is C38H52N6O4. The minimum atomic E-state index is 0.0934. The van der Waals surface area contributed by atoms with Gasteiger partial charge in [0.05, 0.1) is 36.6 Å². The fourth-order valence-corrected chi connectivity index (χ4v) is 5.83. The van der Waals surface area contributed by atoms with Gasteiger partial charge in [-0.3, -0.25) is 19.6 Å². The van der Waals surface area contributed by atoms with Crippen LogP contribution in [0.1, 0.15) is 78.1 Å². The molecule has 2 unspecified atom stereocenters. The first-order valence-corrected chi connectivity index (χ1v) is 17.3. The molecule has 48 heavy (non-hydrogen) atoms. The van der Waals surface area contributed by atoms with Crippen molar-refractivity contribution in [3.8, 4) is 11.5 Å². The first kappa shape index (κ1) is 36.2. The van der Waals surface area contributed by atoms with Gasteiger partial charge in [0, 0.05) is 73.3 Å². The third kappa shape index (κ3) is 11.6. The molecule has 0 aliphatic carbocycles. The molecule has 10 heteroatoms. The molecule has 4 N–H and O–H groups in total. The molecule has 2 atom stereocenters. The molecule has 2 aromatic heterocycles. The summed E-state index contributed by atoms with van der Waals surface area (Å²) >= 11 is 0. The summed E-state index contributed by atoms with van der Waals surface area (Å²) in [6.45, 7) is 5.59. The van der Waals surface area contributed by atoms with E-state index in [1.807, 2.05) is 48.5 Å². The van der Waals surface area contributed by atoms with Crippen molar-refractivity contribution in [3.05, 3.63) is 60.9 Å². The second-order valence-electron chi connectivity index (χ2n) is 12.5. The molecule has 0 radical (unpaired) electrons. The van der Waals surface area contributed by atoms with Gasteiger partial charge < -0.3 is 30.7 Å². The number of rotatable bonds is 21. The van der Waals surface area contributed by atoms with Crippen molar-refractivity contribution < 1.29 is 19.1 Å². The fraction of sp³-hybridized carbons (Fsp3) is 0.474. The summed E-state index contributed by atoms with van der Waals surface area (Å²) in [6, 6.07) is 16.3. The van der Waals surface area contributed by atoms with E-state index in [9.17, 15) is 9.59 Å². The van der Waals surface area contributed by atoms with Crippen molar-refractivity contribution in [2.75, 3.05) is 37.9 Å². The largest absolute Gasteiger partial charge is 0.497 e. The molecular weight excluding hydrogens is 604 g/mol. The smallest absolute Gasteiger partial charge is 0.219 e. The second-order valence-corrected chi connectivity index (χ2v) is 12.5. The fourth-order valence-electron chi connectivity index (χ4n) is 5.83. The predicted molar refractivity (Wildman–Crippen MR) is 195 cm³/mol. The van der Waals surface area contributed by atoms with Crippen LogP contribution in [-0.4, -0.2) is 61.2 Å². The molecule has 2 amide bonds. The van der Waals surface area contributed by atoms with Gasteiger partial charge >= 0.3 is 0 Å². The van der Waals surface area contributed by atoms with E-state index in [1.165, 1.54) is 0 Å². The number of fused-ring (bicyclic) bond motifs is 2. The quantitative estimate of drug-likeness (QED) is 0.0692. The number of methoxy groups -OCH3 is 2. The molecule has 0 saturated heterocycles. The van der Waals surface area contributed by atoms with Crippen LogP contribution in [-0.2, 0) is 9.59 Å². The normalized spacial score (nSPS) is 12.3. The summed E-state index contributed by atoms with van der Waals surface area (Å²) in [5, 5.41) is 15.3. The van der Waals surface area contributed by atoms with Crippen LogP contribution in [0.15, 0.2) is 60.9 Å². The number of nitrogens with zero attached hydrogens (tertiary/aromatic N) is 2. The lowest BCUT2D eigenvalue weighted by atomic mass is 10.1. The van der Waals surface area contributed by atoms with Crippen molar-refractivity contribution in [2.45, 2.75) is 90.1 Å². The van der Waals surface area contributed by atoms with Gasteiger partial charge in [-0.05, 0) is 76.6 Å². The van der Waals surface area contributed by atoms with E-state index < -0.39 is 0 Å². The molecule has 0 fully saturated rings. The third-order valence-electron chi connectivity index (χ3n) is 8.46. The summed E-state index contributed by atoms with van der Waals surface area (Å²) in [5.41, 5.74) is 3.75. The lowest BCUT2D eigenvalue weighted by Gasteiger charge is -2.17. The Hall–Kier alpha value is -4.60. The maximum absolute atomic E-state index is 12.3. The minimum absolute atomic E-state index is 0.0934. The SMILES string of the molecule is COc1cc(NC(C)CCCNC(=O)CCCCCCC(=O)NCCCC(C)Nc2cc(OC)cc3cccnc23)c2ncccc2c1. The van der Waals surface area contributed by atoms with Crippen LogP contribution < -0.4 is 30.7 Å². The Labute approximate surface area is 284 Å². The van der Waals surface area contributed by atoms with Crippen LogP contribution in [0.5, 0.6) is 11.5 Å². The molecule has 2 heterocycles. The van der Waals surface area contributed by atoms with Crippen LogP contribution in [0.25, 0.3) is 21.8 Å². The van der Waals surface area contributed by atoms with Gasteiger partial charge in [0.2, 0.25) is 11.8 Å². The average Bonchev–Trinajstić information content (AvgIpc) is 3.09. The molecule has 0 bridgehead atoms. The van der Waals surface area contributed by atoms with Crippen LogP contribution in [0.2, 0.25) is 0 Å². The Morgan fingerprint density at radius 1 is 0.646 bits per heavy atom. The van der Waals surface area contributed by atoms with Gasteiger partial charge in [-0.1, -0.05) is 25.0 Å². The first-order valence-electron chi connectivity index (χ1n) is 17.3. The Bertz CT molecular complexity index is 1490. The zero-order chi connectivity index (χ0) is 34.1. The van der Waals surface area contributed by atoms with Gasteiger partial charge in [-0.15, -0.1) is 0 Å². The van der Waals surface area contributed by atoms with Gasteiger partial charge in [0.15, 0.2) is 0 Å². The number of anilines is 2. The van der Waals surface area contributed by atoms with Crippen LogP contribution in [0.4, 0.5) is 11.4 Å². The molecule has 0 saturated carbocycles. The summed E-state index contributed by atoms with van der Waals surface area (Å²) in [6.07, 6.45) is 11.8. The predicted octanol–water partition coefficient (Wildman–Crippen LogP) is 7.23. The summed E-state index contributed by atoms with van der Waals surface area (Å²) in [7, 11) is 3.33. The molecule has 0 aliphatic rings. The van der Waals surface area contributed by atoms with Gasteiger partial charge in [0.25, 0.3) is 0 Å². The van der Waals surface area contributed by atoms with E-state index in [-0.39, 0.29) is 23.9 Å². The molecule has 4 aromatic rings. The number of pyridine rings is 2. The summed E-state index contributed by atoms with van der Waals surface area (Å²) in [5.74, 6) is 1.78. The number of unbranched alkanes of at least 4 members (excludes halogenated alkanes) is 3. The molecule has 10 nitrogen and oxygen atoms in total. The number of ether oxygens (including phenoxy) is 2. The lowest BCUT2D eigenvalue weighted by Crippen LogP contribution is -2.26. The van der Waals surface area contributed by atoms with Crippen molar-refractivity contribution in [2.24, 2.45) is 0 Å². The topological polar surface area (TPSA) is 127 Å². The lowest BCUT2D eigenvalue weighted by molar-refractivity contribution is -0.122. The Balaban J connectivity index is 0.995. The van der Waals surface area contributed by atoms with Crippen molar-refractivity contribution in [1.29, 1.82) is 0 Å². The van der Waals surface area contributed by atoms with Gasteiger partial charge in [-0.2, -0.15) is 0 Å². The van der Waals surface area contributed by atoms with E-state index >= 15 is 0 Å². The molecule has 4 rings (SSSR count). The van der Waals surface area contributed by atoms with E-state index in [0.717, 1.165) is 96.0 Å². The number of hydrogen-bond acceptors (Lipinski definition) is 8. The number of aromatic nitrogens is 2. The Kier molecular flexibility index (Phi) is 14.6. The highest BCUT2D eigenvalue weighted by Crippen LogP contribution is 2.29. The second kappa shape index (κ2) is 19.3. The standard InChI is InChI=1S/C38H52N6O4/c1-27(43-33-25-31(47-3)23-29-15-11-21-41-37(29)33)13-9-19-39-35(45)17-7-5-6-8-18-36(46)40-20-10-14-28(2)44-34-26-32(48-4)24-30-16-12-22-42-38(30)34/h11-12,15-16,21-28,43-44H,5-10,13-14,17-20H2,1-4H3,(H,39,45)(H,40,46). The number of carbonyl (C=O) groups excluding carboxylic acids is 2. The minimum Gasteiger partial charge on any atom is -0.497 e. The number of benzene rings is 2. The number of nitrogens with one attached hydrogen (secondary N) is 4. The molecule has 2 aromatic carbocycles. The van der Waals surface area contributed by atoms with Crippen LogP contribution >= 0.6 is 0 Å². The average molecular weight is 657 g/mol. The molecule has 0 aliphatic heterocycles. The number of hydrogen-bond donors (Lipinski definition) is 4. The van der Waals surface area contributed by atoms with E-state index in [1.54, 1.807) is 26.6 Å². The Morgan fingerprint density at radius 2 is 1.08 bits per heavy atom. The zero-order valence-corrected chi connectivity index (χ0v) is 28.9. The van der Waals surface area contributed by atoms with Gasteiger partial charge in [-0.25, -0.2) is 0 Å². The monoisotopic (exact) mass is 656 g/mol. The van der Waals surface area contributed by atoms with E-state index in [2.05, 4.69) is 45.1 Å². The van der Waals surface area contributed by atoms with Crippen LogP contribution in [0.3, 0.4) is 0 Å². The molecule has 0 spiro atoms. The van der Waals surface area contributed by atoms with E-state index in [0.29, 0.717) is 25.9 Å². The van der Waals surface area contributed by atoms with Gasteiger partial charge in [0.1, 0.15) is 11.5 Å². The molecule has 258 valence electrons. The highest BCUT2D eigenvalue weighted by atomic mass is 16.5. The number of amides is 2. The van der Waals surface area contributed by atoms with Crippen molar-refractivity contribution >= 4 is 45.0 Å². The first-order chi connectivity index (χ1) is 23.4. The number of carbonyl (C=O) groups is 2. The highest BCUT2D eigenvalue weighted by Gasteiger charge is 2.11. The van der Waals surface area contributed by atoms with Crippen LogP contribution in [0, 0.1) is 0 Å². The van der Waals surface area contributed by atoms with Crippen molar-refractivity contribution in [1.82, 2.24) is 20.6 Å². The summed E-state index contributed by atoms with van der Waals surface area (Å²) < 4.78 is 10.9. The maximum Gasteiger partial charge on any atom is 0.219 e. The third-order valence-corrected chi connectivity index (χ3v) is 8.46. The zero-order valence-electron chi connectivity index (χ0n) is 28.9. The summed E-state index contributed by atoms with van der Waals surface area (Å²) in [4.78, 5) is 33.6. The van der Waals surface area contributed by atoms with Crippen molar-refractivity contribution in [3.63, 3.8) is 0 Å². The Morgan fingerprint density at radius 3 is 1.50 bits per heavy atom.